The van der Waals surface area contributed by atoms with Crippen LogP contribution in [-0.2, 0) is 0 Å². The Hall–Kier alpha value is -0.778. The first-order chi connectivity index (χ1) is 8.01. The maximum absolute atomic E-state index is 10.2. The molecule has 0 aliphatic rings. The largest absolute Gasteiger partial charge is 0.478 e. The first kappa shape index (κ1) is 17.2. The fourth-order valence-electron chi connectivity index (χ4n) is 1.88. The van der Waals surface area contributed by atoms with Gasteiger partial charge in [0.15, 0.2) is 0 Å². The fraction of sp³-hybridized carbons (Fsp3) is 0.533. The number of carboxylic acids is 1. The fourth-order valence-corrected chi connectivity index (χ4v) is 4.48. The van der Waals surface area contributed by atoms with Crippen LogP contribution < -0.4 is 0 Å². The van der Waals surface area contributed by atoms with E-state index in [9.17, 15) is 4.79 Å². The molecule has 0 amide bonds. The van der Waals surface area contributed by atoms with E-state index in [0.29, 0.717) is 29.3 Å². The Morgan fingerprint density at radius 3 is 1.50 bits per heavy atom. The Kier molecular flexibility index (Phi) is 6.67. The lowest BCUT2D eigenvalue weighted by atomic mass is 10.2. The third-order valence-electron chi connectivity index (χ3n) is 1.89. The Morgan fingerprint density at radius 1 is 0.944 bits per heavy atom. The molecule has 1 N–H and O–H groups in total. The van der Waals surface area contributed by atoms with Crippen molar-refractivity contribution in [1.82, 2.24) is 0 Å². The number of hydrogen-bond donors (Lipinski definition) is 1. The number of hydrogen-bond acceptors (Lipinski definition) is 1. The van der Waals surface area contributed by atoms with Crippen LogP contribution in [0, 0.1) is 0 Å². The average molecular weight is 263 g/mol. The van der Waals surface area contributed by atoms with E-state index in [2.05, 4.69) is 41.5 Å². The summed E-state index contributed by atoms with van der Waals surface area (Å²) in [5.41, 5.74) is 0.331. The van der Waals surface area contributed by atoms with E-state index in [-0.39, 0.29) is 0 Å². The van der Waals surface area contributed by atoms with Crippen molar-refractivity contribution < 1.29 is 9.90 Å². The first-order valence-electron chi connectivity index (χ1n) is 6.17. The van der Waals surface area contributed by atoms with Gasteiger partial charge in [0.05, 0.1) is 5.56 Å². The normalized spacial score (nSPS) is 11.2. The molecule has 2 nitrogen and oxygen atoms in total. The predicted octanol–water partition coefficient (Wildman–Crippen LogP) is 4.51. The van der Waals surface area contributed by atoms with Crippen molar-refractivity contribution in [2.75, 3.05) is 0 Å². The Bertz CT molecular complexity index is 346. The van der Waals surface area contributed by atoms with Gasteiger partial charge in [-0.05, 0) is 12.1 Å². The summed E-state index contributed by atoms with van der Waals surface area (Å²) in [4.78, 5) is 10.2. The number of rotatable bonds is 1. The van der Waals surface area contributed by atoms with Crippen LogP contribution in [0.1, 0.15) is 51.9 Å². The second kappa shape index (κ2) is 6.97. The molecular weight excluding hydrogens is 239 g/mol. The van der Waals surface area contributed by atoms with Crippen molar-refractivity contribution in [3.8, 4) is 0 Å². The molecule has 0 saturated heterocycles. The summed E-state index contributed by atoms with van der Waals surface area (Å²) in [5.74, 6) is -0.879. The van der Waals surface area contributed by atoms with E-state index in [4.69, 9.17) is 5.11 Å². The molecule has 0 aromatic heterocycles. The zero-order valence-corrected chi connectivity index (χ0v) is 13.5. The van der Waals surface area contributed by atoms with E-state index in [1.54, 1.807) is 30.3 Å². The molecule has 18 heavy (non-hydrogen) atoms. The van der Waals surface area contributed by atoms with Crippen molar-refractivity contribution >= 4 is 21.2 Å². The zero-order valence-electron chi connectivity index (χ0n) is 12.3. The highest BCUT2D eigenvalue weighted by Gasteiger charge is 2.22. The minimum atomic E-state index is -0.879. The number of carbonyl (C=O) groups is 1. The Balaban J connectivity index is 0.000000321. The molecule has 0 spiro atoms. The predicted molar refractivity (Wildman–Crippen MR) is 78.6 cm³/mol. The van der Waals surface area contributed by atoms with Crippen LogP contribution in [0.25, 0.3) is 0 Å². The summed E-state index contributed by atoms with van der Waals surface area (Å²) in [5, 5.41) is 8.38. The molecule has 99 valence electrons. The zero-order chi connectivity index (χ0) is 14.4. The van der Waals surface area contributed by atoms with Gasteiger partial charge in [-0.25, -0.2) is 4.79 Å². The second-order valence-electron chi connectivity index (χ2n) is 6.55. The van der Waals surface area contributed by atoms with Crippen molar-refractivity contribution in [3.05, 3.63) is 35.9 Å². The third kappa shape index (κ3) is 10.4. The van der Waals surface area contributed by atoms with Gasteiger partial charge in [0.25, 0.3) is 0 Å². The summed E-state index contributed by atoms with van der Waals surface area (Å²) in [7, 11) is 0. The molecule has 1 rings (SSSR count). The first-order valence-corrected chi connectivity index (χ1v) is 7.32. The van der Waals surface area contributed by atoms with Gasteiger partial charge in [-0.2, -0.15) is 0 Å². The lowest BCUT2D eigenvalue weighted by Gasteiger charge is -2.26. The van der Waals surface area contributed by atoms with Crippen molar-refractivity contribution in [1.29, 1.82) is 0 Å². The van der Waals surface area contributed by atoms with Crippen LogP contribution in [0.15, 0.2) is 30.3 Å². The summed E-state index contributed by atoms with van der Waals surface area (Å²) in [6.07, 6.45) is 0. The maximum atomic E-state index is 10.2. The van der Waals surface area contributed by atoms with Crippen LogP contribution in [0.4, 0.5) is 0 Å². The lowest BCUT2D eigenvalue weighted by molar-refractivity contribution is 0.0697. The van der Waals surface area contributed by atoms with Gasteiger partial charge in [0.1, 0.15) is 0 Å². The standard InChI is InChI=1S/C7H6O2.2C4H9.Al/c8-7(9)6-4-2-1-3-5-6;2*1-4(2)3;/h1-5H,(H,8,9);2*1-3H3;. The summed E-state index contributed by atoms with van der Waals surface area (Å²) >= 11 is 0.569. The molecule has 0 unspecified atom stereocenters. The highest BCUT2D eigenvalue weighted by atomic mass is 27.1. The minimum Gasteiger partial charge on any atom is -0.478 e. The quantitative estimate of drug-likeness (QED) is 0.757. The molecule has 1 radical (unpaired) electrons. The maximum Gasteiger partial charge on any atom is 0.335 e. The monoisotopic (exact) mass is 263 g/mol. The van der Waals surface area contributed by atoms with E-state index >= 15 is 0 Å². The molecule has 1 aromatic rings. The van der Waals surface area contributed by atoms with Crippen molar-refractivity contribution in [2.45, 2.75) is 50.1 Å². The van der Waals surface area contributed by atoms with Crippen LogP contribution >= 0.6 is 0 Å². The van der Waals surface area contributed by atoms with Gasteiger partial charge < -0.3 is 5.11 Å². The van der Waals surface area contributed by atoms with Gasteiger partial charge in [0.2, 0.25) is 15.2 Å². The summed E-state index contributed by atoms with van der Waals surface area (Å²) < 4.78 is 1.14. The molecular formula is C15H24AlO2. The molecule has 0 aliphatic carbocycles. The molecule has 0 saturated carbocycles. The molecule has 0 heterocycles. The van der Waals surface area contributed by atoms with Gasteiger partial charge in [-0.3, -0.25) is 0 Å². The van der Waals surface area contributed by atoms with Gasteiger partial charge in [-0.1, -0.05) is 68.3 Å². The molecule has 0 fully saturated rings. The Labute approximate surface area is 117 Å². The molecule has 0 aliphatic heterocycles. The molecule has 0 bridgehead atoms. The van der Waals surface area contributed by atoms with Crippen molar-refractivity contribution in [2.24, 2.45) is 0 Å². The lowest BCUT2D eigenvalue weighted by Crippen LogP contribution is -2.18. The number of carboxylic acid groups (broad SMARTS) is 1. The van der Waals surface area contributed by atoms with Crippen LogP contribution in [0.3, 0.4) is 0 Å². The smallest absolute Gasteiger partial charge is 0.335 e. The minimum absolute atomic E-state index is 0.331. The molecule has 0 atom stereocenters. The van der Waals surface area contributed by atoms with Crippen LogP contribution in [-0.4, -0.2) is 26.3 Å². The highest BCUT2D eigenvalue weighted by Crippen LogP contribution is 2.33. The summed E-state index contributed by atoms with van der Waals surface area (Å²) in [6.45, 7) is 14.0. The third-order valence-corrected chi connectivity index (χ3v) is 3.62. The van der Waals surface area contributed by atoms with E-state index in [1.807, 2.05) is 0 Å². The second-order valence-corrected chi connectivity index (χ2v) is 10.3. The highest BCUT2D eigenvalue weighted by molar-refractivity contribution is 6.43. The van der Waals surface area contributed by atoms with E-state index in [0.717, 1.165) is 0 Å². The average Bonchev–Trinajstić information content (AvgIpc) is 2.14. The summed E-state index contributed by atoms with van der Waals surface area (Å²) in [6, 6.07) is 8.30. The van der Waals surface area contributed by atoms with E-state index < -0.39 is 5.97 Å². The molecule has 1 aromatic carbocycles. The Morgan fingerprint density at radius 2 is 1.33 bits per heavy atom. The van der Waals surface area contributed by atoms with Gasteiger partial charge >= 0.3 is 5.97 Å². The van der Waals surface area contributed by atoms with Crippen LogP contribution in [0.5, 0.6) is 0 Å². The van der Waals surface area contributed by atoms with Crippen molar-refractivity contribution in [3.63, 3.8) is 0 Å². The van der Waals surface area contributed by atoms with E-state index in [1.165, 1.54) is 0 Å². The topological polar surface area (TPSA) is 37.3 Å². The van der Waals surface area contributed by atoms with Crippen LogP contribution in [0.2, 0.25) is 8.55 Å². The molecule has 3 heteroatoms. The number of benzene rings is 1. The SMILES string of the molecule is C[C](C)(C)[Al][C](C)(C)C.O=C(O)c1ccccc1. The number of aromatic carboxylic acids is 1. The van der Waals surface area contributed by atoms with Gasteiger partial charge in [0, 0.05) is 0 Å². The van der Waals surface area contributed by atoms with Gasteiger partial charge in [-0.15, -0.1) is 0 Å².